The number of carbonyl (C=O) groups excluding carboxylic acids is 1. The van der Waals surface area contributed by atoms with Crippen molar-refractivity contribution in [1.29, 1.82) is 0 Å². The number of hydrogen-bond donors (Lipinski definition) is 2. The lowest BCUT2D eigenvalue weighted by molar-refractivity contribution is -0.384. The van der Waals surface area contributed by atoms with Gasteiger partial charge in [-0.05, 0) is 52.4 Å². The molecular formula is C18H10BrF2N3O4S. The fraction of sp³-hybridized carbons (Fsp3) is 0. The molecule has 0 saturated carbocycles. The maximum atomic E-state index is 13.8. The van der Waals surface area contributed by atoms with Gasteiger partial charge in [0.15, 0.2) is 16.7 Å². The molecule has 0 saturated heterocycles. The molecule has 11 heteroatoms. The van der Waals surface area contributed by atoms with Crippen LogP contribution in [-0.4, -0.2) is 15.9 Å². The fourth-order valence-electron chi connectivity index (χ4n) is 2.42. The number of furan rings is 1. The molecule has 0 fully saturated rings. The summed E-state index contributed by atoms with van der Waals surface area (Å²) in [7, 11) is 0. The Balaban J connectivity index is 1.75. The van der Waals surface area contributed by atoms with Crippen molar-refractivity contribution < 1.29 is 22.9 Å². The lowest BCUT2D eigenvalue weighted by Gasteiger charge is -2.11. The zero-order valence-corrected chi connectivity index (χ0v) is 16.6. The van der Waals surface area contributed by atoms with E-state index in [1.807, 2.05) is 0 Å². The van der Waals surface area contributed by atoms with Crippen LogP contribution >= 0.6 is 28.1 Å². The molecule has 0 aliphatic carbocycles. The zero-order valence-electron chi connectivity index (χ0n) is 14.2. The maximum Gasteiger partial charge on any atom is 0.293 e. The molecule has 2 N–H and O–H groups in total. The molecule has 148 valence electrons. The number of benzene rings is 2. The molecule has 3 rings (SSSR count). The standard InChI is InChI=1S/C18H10BrF2N3O4S/c19-11-7-9(20)8-12(21)16(11)22-18(29)23-17(25)15-6-5-14(28-15)10-3-1-2-4-13(10)24(26)27/h1-8H,(H2,22,23,25,29). The van der Waals surface area contributed by atoms with E-state index in [1.54, 1.807) is 6.07 Å². The molecule has 7 nitrogen and oxygen atoms in total. The lowest BCUT2D eigenvalue weighted by atomic mass is 10.1. The van der Waals surface area contributed by atoms with Gasteiger partial charge in [0.2, 0.25) is 0 Å². The molecule has 0 unspecified atom stereocenters. The quantitative estimate of drug-likeness (QED) is 0.308. The van der Waals surface area contributed by atoms with Gasteiger partial charge in [-0.15, -0.1) is 0 Å². The number of halogens is 3. The van der Waals surface area contributed by atoms with Crippen LogP contribution in [0, 0.1) is 21.7 Å². The largest absolute Gasteiger partial charge is 0.451 e. The highest BCUT2D eigenvalue weighted by molar-refractivity contribution is 9.10. The monoisotopic (exact) mass is 481 g/mol. The van der Waals surface area contributed by atoms with Gasteiger partial charge in [0.1, 0.15) is 11.6 Å². The van der Waals surface area contributed by atoms with Gasteiger partial charge in [-0.2, -0.15) is 0 Å². The second-order valence-corrected chi connectivity index (χ2v) is 6.85. The number of para-hydroxylation sites is 1. The van der Waals surface area contributed by atoms with E-state index in [9.17, 15) is 23.7 Å². The van der Waals surface area contributed by atoms with E-state index < -0.39 is 22.5 Å². The molecule has 0 aliphatic rings. The summed E-state index contributed by atoms with van der Waals surface area (Å²) in [5.74, 6) is -2.50. The second kappa shape index (κ2) is 8.45. The summed E-state index contributed by atoms with van der Waals surface area (Å²) in [5.41, 5.74) is -0.131. The van der Waals surface area contributed by atoms with Crippen LogP contribution < -0.4 is 10.6 Å². The smallest absolute Gasteiger partial charge is 0.293 e. The number of carbonyl (C=O) groups is 1. The Morgan fingerprint density at radius 3 is 2.59 bits per heavy atom. The van der Waals surface area contributed by atoms with E-state index in [0.717, 1.165) is 6.07 Å². The first kappa shape index (κ1) is 20.6. The van der Waals surface area contributed by atoms with Crippen molar-refractivity contribution in [2.45, 2.75) is 0 Å². The normalized spacial score (nSPS) is 10.4. The van der Waals surface area contributed by atoms with Gasteiger partial charge in [-0.1, -0.05) is 12.1 Å². The van der Waals surface area contributed by atoms with E-state index in [4.69, 9.17) is 16.6 Å². The molecule has 29 heavy (non-hydrogen) atoms. The molecule has 1 heterocycles. The first-order chi connectivity index (χ1) is 13.8. The van der Waals surface area contributed by atoms with E-state index in [0.29, 0.717) is 6.07 Å². The van der Waals surface area contributed by atoms with Crippen LogP contribution in [0.4, 0.5) is 20.2 Å². The van der Waals surface area contributed by atoms with Crippen molar-refractivity contribution in [1.82, 2.24) is 5.32 Å². The summed E-state index contributed by atoms with van der Waals surface area (Å²) in [5, 5.41) is 15.6. The van der Waals surface area contributed by atoms with Crippen LogP contribution in [0.3, 0.4) is 0 Å². The van der Waals surface area contributed by atoms with E-state index >= 15 is 0 Å². The molecule has 0 bridgehead atoms. The number of amides is 1. The predicted octanol–water partition coefficient (Wildman–Crippen LogP) is 5.02. The minimum absolute atomic E-state index is 0.0725. The Bertz CT molecular complexity index is 1110. The van der Waals surface area contributed by atoms with Gasteiger partial charge in [0.05, 0.1) is 16.2 Å². The van der Waals surface area contributed by atoms with Crippen LogP contribution in [0.15, 0.2) is 57.4 Å². The number of nitro groups is 1. The van der Waals surface area contributed by atoms with Crippen molar-refractivity contribution in [3.63, 3.8) is 0 Å². The van der Waals surface area contributed by atoms with Gasteiger partial charge < -0.3 is 9.73 Å². The van der Waals surface area contributed by atoms with E-state index in [1.165, 1.54) is 30.3 Å². The summed E-state index contributed by atoms with van der Waals surface area (Å²) < 4.78 is 32.5. The number of nitrogens with zero attached hydrogens (tertiary/aromatic N) is 1. The third kappa shape index (κ3) is 4.63. The number of hydrogen-bond acceptors (Lipinski definition) is 5. The average molecular weight is 482 g/mol. The summed E-state index contributed by atoms with van der Waals surface area (Å²) in [6.45, 7) is 0. The molecule has 1 amide bonds. The Morgan fingerprint density at radius 1 is 1.17 bits per heavy atom. The Labute approximate surface area is 176 Å². The van der Waals surface area contributed by atoms with Crippen molar-refractivity contribution in [2.75, 3.05) is 5.32 Å². The highest BCUT2D eigenvalue weighted by atomic mass is 79.9. The minimum Gasteiger partial charge on any atom is -0.451 e. The van der Waals surface area contributed by atoms with Crippen molar-refractivity contribution in [2.24, 2.45) is 0 Å². The number of anilines is 1. The van der Waals surface area contributed by atoms with Crippen molar-refractivity contribution in [3.8, 4) is 11.3 Å². The van der Waals surface area contributed by atoms with Gasteiger partial charge in [0, 0.05) is 16.6 Å². The van der Waals surface area contributed by atoms with Crippen LogP contribution in [0.5, 0.6) is 0 Å². The Kier molecular flexibility index (Phi) is 5.99. The van der Waals surface area contributed by atoms with Crippen molar-refractivity contribution in [3.05, 3.63) is 80.5 Å². The van der Waals surface area contributed by atoms with Crippen molar-refractivity contribution >= 4 is 50.5 Å². The molecule has 3 aromatic rings. The van der Waals surface area contributed by atoms with Gasteiger partial charge >= 0.3 is 0 Å². The second-order valence-electron chi connectivity index (χ2n) is 5.59. The highest BCUT2D eigenvalue weighted by Gasteiger charge is 2.20. The van der Waals surface area contributed by atoms with Crippen LogP contribution in [-0.2, 0) is 0 Å². The highest BCUT2D eigenvalue weighted by Crippen LogP contribution is 2.31. The number of rotatable bonds is 4. The van der Waals surface area contributed by atoms with Gasteiger partial charge in [0.25, 0.3) is 11.6 Å². The number of nitrogens with one attached hydrogen (secondary N) is 2. The molecular weight excluding hydrogens is 472 g/mol. The van der Waals surface area contributed by atoms with Crippen LogP contribution in [0.1, 0.15) is 10.6 Å². The SMILES string of the molecule is O=C(NC(=S)Nc1c(F)cc(F)cc1Br)c1ccc(-c2ccccc2[N+](=O)[O-])o1. The third-order valence-corrected chi connectivity index (χ3v) is 4.50. The Hall–Kier alpha value is -3.18. The molecule has 1 aromatic heterocycles. The molecule has 0 atom stereocenters. The van der Waals surface area contributed by atoms with E-state index in [2.05, 4.69) is 26.6 Å². The minimum atomic E-state index is -0.912. The fourth-order valence-corrected chi connectivity index (χ4v) is 3.12. The van der Waals surface area contributed by atoms with Gasteiger partial charge in [-0.25, -0.2) is 8.78 Å². The van der Waals surface area contributed by atoms with Crippen LogP contribution in [0.25, 0.3) is 11.3 Å². The molecule has 0 aliphatic heterocycles. The first-order valence-electron chi connectivity index (χ1n) is 7.86. The third-order valence-electron chi connectivity index (χ3n) is 3.67. The molecule has 0 spiro atoms. The van der Waals surface area contributed by atoms with Gasteiger partial charge in [-0.3, -0.25) is 20.2 Å². The van der Waals surface area contributed by atoms with E-state index in [-0.39, 0.29) is 38.0 Å². The summed E-state index contributed by atoms with van der Waals surface area (Å²) in [6.07, 6.45) is 0. The van der Waals surface area contributed by atoms with Crippen LogP contribution in [0.2, 0.25) is 0 Å². The zero-order chi connectivity index (χ0) is 21.1. The number of thiocarbonyl (C=S) groups is 1. The lowest BCUT2D eigenvalue weighted by Crippen LogP contribution is -2.34. The number of nitro benzene ring substituents is 1. The first-order valence-corrected chi connectivity index (χ1v) is 9.07. The summed E-state index contributed by atoms with van der Waals surface area (Å²) >= 11 is 7.96. The average Bonchev–Trinajstić information content (AvgIpc) is 3.15. The maximum absolute atomic E-state index is 13.8. The predicted molar refractivity (Wildman–Crippen MR) is 109 cm³/mol. The molecule has 2 aromatic carbocycles. The summed E-state index contributed by atoms with van der Waals surface area (Å²) in [4.78, 5) is 22.9. The Morgan fingerprint density at radius 2 is 1.90 bits per heavy atom. The topological polar surface area (TPSA) is 97.4 Å². The summed E-state index contributed by atoms with van der Waals surface area (Å²) in [6, 6.07) is 10.3. The molecule has 0 radical (unpaired) electrons.